The highest BCUT2D eigenvalue weighted by Gasteiger charge is 2.14. The number of aromatic nitrogens is 2. The van der Waals surface area contributed by atoms with Gasteiger partial charge in [0, 0.05) is 30.1 Å². The van der Waals surface area contributed by atoms with Crippen molar-refractivity contribution in [2.45, 2.75) is 56.9 Å². The Morgan fingerprint density at radius 3 is 2.46 bits per heavy atom. The summed E-state index contributed by atoms with van der Waals surface area (Å²) in [5, 5.41) is 13.4. The predicted octanol–water partition coefficient (Wildman–Crippen LogP) is 6.87. The van der Waals surface area contributed by atoms with Crippen molar-refractivity contribution in [1.82, 2.24) is 14.9 Å². The van der Waals surface area contributed by atoms with E-state index in [0.717, 1.165) is 52.6 Å². The maximum Gasteiger partial charge on any atom is 0.0853 e. The van der Waals surface area contributed by atoms with Crippen molar-refractivity contribution in [3.05, 3.63) is 84.0 Å². The minimum Gasteiger partial charge on any atom is -0.353 e. The van der Waals surface area contributed by atoms with Crippen LogP contribution in [0.15, 0.2) is 72.3 Å². The Kier molecular flexibility index (Phi) is 8.30. The van der Waals surface area contributed by atoms with Crippen molar-refractivity contribution >= 4 is 32.3 Å². The number of nitrogens with zero attached hydrogens (tertiary/aromatic N) is 3. The van der Waals surface area contributed by atoms with E-state index in [-0.39, 0.29) is 0 Å². The number of hydrogen-bond donors (Lipinski definition) is 2. The monoisotopic (exact) mass is 513 g/mol. The van der Waals surface area contributed by atoms with Crippen LogP contribution in [0, 0.1) is 12.3 Å². The first kappa shape index (κ1) is 26.8. The third kappa shape index (κ3) is 6.38. The highest BCUT2D eigenvalue weighted by Crippen LogP contribution is 2.35. The van der Waals surface area contributed by atoms with E-state index < -0.39 is 9.21 Å². The molecular weight excluding hydrogens is 474 g/mol. The first-order valence-corrected chi connectivity index (χ1v) is 15.0. The topological polar surface area (TPSA) is 64.9 Å². The molecular formula is C31H39N5S. The van der Waals surface area contributed by atoms with Gasteiger partial charge >= 0.3 is 0 Å². The zero-order chi connectivity index (χ0) is 26.6. The molecule has 3 heterocycles. The standard InChI is InChI=1S/C31H39N5S/c1-22(2)37(5,6)30-13-12-28(20-34-30)35-24(4)31(32)29-17-26(11-10-23(29)3)27-16-25(18-33-19-27)21-36-14-8-7-9-15-36/h10-13,16-20,22,32,35H,4-9,14-15,21H2,1-3H3. The van der Waals surface area contributed by atoms with Gasteiger partial charge in [0.2, 0.25) is 0 Å². The summed E-state index contributed by atoms with van der Waals surface area (Å²) in [6.45, 7) is 13.7. The number of allylic oxidation sites excluding steroid dienone is 1. The van der Waals surface area contributed by atoms with Gasteiger partial charge in [-0.05, 0) is 79.1 Å². The summed E-state index contributed by atoms with van der Waals surface area (Å²) < 4.78 is 0. The van der Waals surface area contributed by atoms with Gasteiger partial charge in [-0.1, -0.05) is 50.7 Å². The molecule has 0 radical (unpaired) electrons. The number of rotatable bonds is 9. The van der Waals surface area contributed by atoms with Crippen LogP contribution < -0.4 is 5.32 Å². The van der Waals surface area contributed by atoms with Gasteiger partial charge in [-0.25, -0.2) is 4.98 Å². The molecule has 0 unspecified atom stereocenters. The summed E-state index contributed by atoms with van der Waals surface area (Å²) in [6, 6.07) is 12.4. The van der Waals surface area contributed by atoms with Crippen molar-refractivity contribution in [3.63, 3.8) is 0 Å². The zero-order valence-corrected chi connectivity index (χ0v) is 23.2. The summed E-state index contributed by atoms with van der Waals surface area (Å²) in [5.74, 6) is 8.61. The molecule has 2 N–H and O–H groups in total. The van der Waals surface area contributed by atoms with Crippen LogP contribution in [0.2, 0.25) is 0 Å². The average molecular weight is 514 g/mol. The molecule has 3 aromatic rings. The van der Waals surface area contributed by atoms with Crippen molar-refractivity contribution in [3.8, 4) is 11.1 Å². The molecule has 0 spiro atoms. The fourth-order valence-corrected chi connectivity index (χ4v) is 5.60. The molecule has 194 valence electrons. The summed E-state index contributed by atoms with van der Waals surface area (Å²) in [6.07, 6.45) is 9.54. The lowest BCUT2D eigenvalue weighted by Gasteiger charge is -2.26. The third-order valence-electron chi connectivity index (χ3n) is 7.14. The Bertz CT molecular complexity index is 1380. The van der Waals surface area contributed by atoms with Gasteiger partial charge in [-0.3, -0.25) is 15.3 Å². The fraction of sp³-hybridized carbons (Fsp3) is 0.323. The minimum atomic E-state index is -1.44. The zero-order valence-electron chi connectivity index (χ0n) is 22.4. The Balaban J connectivity index is 1.50. The third-order valence-corrected chi connectivity index (χ3v) is 10.0. The molecule has 0 atom stereocenters. The quantitative estimate of drug-likeness (QED) is 0.242. The van der Waals surface area contributed by atoms with Crippen molar-refractivity contribution in [1.29, 1.82) is 5.41 Å². The van der Waals surface area contributed by atoms with Crippen LogP contribution in [0.5, 0.6) is 0 Å². The molecule has 0 bridgehead atoms. The Hall–Kier alpha value is -3.22. The molecule has 1 fully saturated rings. The van der Waals surface area contributed by atoms with E-state index in [9.17, 15) is 0 Å². The van der Waals surface area contributed by atoms with Crippen LogP contribution in [0.3, 0.4) is 0 Å². The molecule has 0 amide bonds. The molecule has 37 heavy (non-hydrogen) atoms. The van der Waals surface area contributed by atoms with Crippen LogP contribution in [0.1, 0.15) is 49.8 Å². The highest BCUT2D eigenvalue weighted by molar-refractivity contribution is 8.28. The Labute approximate surface area is 222 Å². The van der Waals surface area contributed by atoms with E-state index in [1.165, 1.54) is 24.8 Å². The normalized spacial score (nSPS) is 14.5. The molecule has 1 saturated heterocycles. The summed E-state index contributed by atoms with van der Waals surface area (Å²) >= 11 is 0. The van der Waals surface area contributed by atoms with Crippen LogP contribution >= 0.6 is 9.21 Å². The van der Waals surface area contributed by atoms with E-state index >= 15 is 0 Å². The first-order chi connectivity index (χ1) is 17.6. The average Bonchev–Trinajstić information content (AvgIpc) is 2.89. The van der Waals surface area contributed by atoms with E-state index in [4.69, 9.17) is 5.41 Å². The van der Waals surface area contributed by atoms with Gasteiger partial charge in [-0.2, -0.15) is 9.21 Å². The van der Waals surface area contributed by atoms with Crippen LogP contribution in [-0.2, 0) is 6.54 Å². The second kappa shape index (κ2) is 11.4. The van der Waals surface area contributed by atoms with Gasteiger partial charge < -0.3 is 5.32 Å². The van der Waals surface area contributed by atoms with E-state index in [1.54, 1.807) is 6.20 Å². The number of anilines is 1. The van der Waals surface area contributed by atoms with Crippen molar-refractivity contribution in [2.75, 3.05) is 18.4 Å². The Morgan fingerprint density at radius 2 is 1.78 bits per heavy atom. The molecule has 0 aliphatic carbocycles. The van der Waals surface area contributed by atoms with Gasteiger partial charge in [-0.15, -0.1) is 0 Å². The Morgan fingerprint density at radius 1 is 1.03 bits per heavy atom. The van der Waals surface area contributed by atoms with Crippen LogP contribution in [0.25, 0.3) is 11.1 Å². The number of piperidine rings is 1. The fourth-order valence-electron chi connectivity index (χ4n) is 4.51. The van der Waals surface area contributed by atoms with Gasteiger partial charge in [0.15, 0.2) is 0 Å². The lowest BCUT2D eigenvalue weighted by atomic mass is 9.96. The van der Waals surface area contributed by atoms with Crippen molar-refractivity contribution < 1.29 is 0 Å². The number of aryl methyl sites for hydroxylation is 1. The van der Waals surface area contributed by atoms with Gasteiger partial charge in [0.25, 0.3) is 0 Å². The number of benzene rings is 1. The predicted molar refractivity (Wildman–Crippen MR) is 163 cm³/mol. The highest BCUT2D eigenvalue weighted by atomic mass is 32.2. The van der Waals surface area contributed by atoms with Crippen LogP contribution in [0.4, 0.5) is 5.69 Å². The molecule has 5 nitrogen and oxygen atoms in total. The van der Waals surface area contributed by atoms with E-state index in [2.05, 4.69) is 76.6 Å². The van der Waals surface area contributed by atoms with Crippen LogP contribution in [-0.4, -0.2) is 50.7 Å². The smallest absolute Gasteiger partial charge is 0.0853 e. The lowest BCUT2D eigenvalue weighted by Crippen LogP contribution is -2.29. The molecule has 1 aromatic carbocycles. The molecule has 2 aromatic heterocycles. The second-order valence-electron chi connectivity index (χ2n) is 10.3. The van der Waals surface area contributed by atoms with Crippen molar-refractivity contribution in [2.24, 2.45) is 0 Å². The number of hydrogen-bond acceptors (Lipinski definition) is 5. The largest absolute Gasteiger partial charge is 0.353 e. The van der Waals surface area contributed by atoms with E-state index in [0.29, 0.717) is 16.7 Å². The molecule has 1 aliphatic heterocycles. The van der Waals surface area contributed by atoms with Gasteiger partial charge in [0.05, 0.1) is 28.3 Å². The molecule has 0 saturated carbocycles. The molecule has 4 rings (SSSR count). The number of nitrogens with one attached hydrogen (secondary N) is 2. The number of pyridine rings is 2. The first-order valence-electron chi connectivity index (χ1n) is 12.9. The maximum absolute atomic E-state index is 8.87. The van der Waals surface area contributed by atoms with E-state index in [1.807, 2.05) is 31.5 Å². The molecule has 6 heteroatoms. The van der Waals surface area contributed by atoms with Gasteiger partial charge in [0.1, 0.15) is 0 Å². The lowest BCUT2D eigenvalue weighted by molar-refractivity contribution is 0.220. The summed E-state index contributed by atoms with van der Waals surface area (Å²) in [5.41, 5.74) is 6.90. The minimum absolute atomic E-state index is 0.345. The maximum atomic E-state index is 8.87. The number of likely N-dealkylation sites (tertiary alicyclic amines) is 1. The SMILES string of the molecule is C=C(Nc1ccc(S(=C)(=C)C(C)C)nc1)C(=N)c1cc(-c2cncc(CN3CCCCC3)c2)ccc1C. The summed E-state index contributed by atoms with van der Waals surface area (Å²) in [4.78, 5) is 11.6. The second-order valence-corrected chi connectivity index (χ2v) is 13.6. The molecule has 1 aliphatic rings. The summed E-state index contributed by atoms with van der Waals surface area (Å²) in [7, 11) is -1.44.